The van der Waals surface area contributed by atoms with E-state index < -0.39 is 0 Å². The molecule has 22 heavy (non-hydrogen) atoms. The molecule has 1 aliphatic rings. The molecule has 0 aliphatic heterocycles. The minimum absolute atomic E-state index is 0.0262. The molecule has 2 rings (SSSR count). The van der Waals surface area contributed by atoms with Crippen molar-refractivity contribution in [2.45, 2.75) is 44.1 Å². The smallest absolute Gasteiger partial charge is 0.321 e. The quantitative estimate of drug-likeness (QED) is 0.861. The Balaban J connectivity index is 1.90. The van der Waals surface area contributed by atoms with Gasteiger partial charge in [0, 0.05) is 31.1 Å². The van der Waals surface area contributed by atoms with Crippen LogP contribution < -0.4 is 5.32 Å². The summed E-state index contributed by atoms with van der Waals surface area (Å²) >= 11 is 2.01. The van der Waals surface area contributed by atoms with Gasteiger partial charge >= 0.3 is 6.03 Å². The fraction of sp³-hybridized carbons (Fsp3) is 0.588. The van der Waals surface area contributed by atoms with E-state index in [0.29, 0.717) is 17.9 Å². The van der Waals surface area contributed by atoms with Gasteiger partial charge in [-0.1, -0.05) is 19.1 Å². The molecule has 2 amide bonds. The number of nitrogens with one attached hydrogen (secondary N) is 1. The van der Waals surface area contributed by atoms with Crippen molar-refractivity contribution in [3.05, 3.63) is 29.8 Å². The number of nitrogens with zero attached hydrogens (tertiary/aromatic N) is 1. The summed E-state index contributed by atoms with van der Waals surface area (Å²) in [5.41, 5.74) is 1.88. The molecule has 0 heterocycles. The van der Waals surface area contributed by atoms with Crippen molar-refractivity contribution in [2.24, 2.45) is 0 Å². The standard InChI is InChI=1S/C17H26N2O2S/c1-4-22-16-9-8-15(11-16)19(2)17(20)18-14-7-5-6-13(10-14)12-21-3/h5-7,10,15-16H,4,8-9,11-12H2,1-3H3,(H,18,20)/t15-,16+/m1/s1. The van der Waals surface area contributed by atoms with Crippen molar-refractivity contribution in [1.29, 1.82) is 0 Å². The SMILES string of the molecule is CCS[C@H]1CC[C@@H](N(C)C(=O)Nc2cccc(COC)c2)C1. The molecule has 5 heteroatoms. The third-order valence-corrected chi connectivity index (χ3v) is 5.35. The fourth-order valence-electron chi connectivity index (χ4n) is 2.94. The van der Waals surface area contributed by atoms with E-state index in [0.717, 1.165) is 29.8 Å². The van der Waals surface area contributed by atoms with Gasteiger partial charge in [0.05, 0.1) is 6.61 Å². The summed E-state index contributed by atoms with van der Waals surface area (Å²) in [6.45, 7) is 2.75. The number of hydrogen-bond acceptors (Lipinski definition) is 3. The topological polar surface area (TPSA) is 41.6 Å². The van der Waals surface area contributed by atoms with Gasteiger partial charge in [0.25, 0.3) is 0 Å². The number of amides is 2. The normalized spacial score (nSPS) is 20.9. The minimum Gasteiger partial charge on any atom is -0.380 e. The van der Waals surface area contributed by atoms with Crippen molar-refractivity contribution in [2.75, 3.05) is 25.2 Å². The van der Waals surface area contributed by atoms with Gasteiger partial charge in [-0.25, -0.2) is 4.79 Å². The first-order valence-electron chi connectivity index (χ1n) is 7.87. The van der Waals surface area contributed by atoms with E-state index in [1.54, 1.807) is 7.11 Å². The van der Waals surface area contributed by atoms with Crippen LogP contribution in [0.25, 0.3) is 0 Å². The lowest BCUT2D eigenvalue weighted by Crippen LogP contribution is -2.38. The second-order valence-corrected chi connectivity index (χ2v) is 7.30. The summed E-state index contributed by atoms with van der Waals surface area (Å²) in [5, 5.41) is 3.69. The number of carbonyl (C=O) groups excluding carboxylic acids is 1. The first-order chi connectivity index (χ1) is 10.6. The number of ether oxygens (including phenoxy) is 1. The molecule has 1 aromatic rings. The van der Waals surface area contributed by atoms with Crippen LogP contribution in [-0.2, 0) is 11.3 Å². The number of thioether (sulfide) groups is 1. The molecular weight excluding hydrogens is 296 g/mol. The van der Waals surface area contributed by atoms with Gasteiger partial charge in [-0.2, -0.15) is 11.8 Å². The summed E-state index contributed by atoms with van der Waals surface area (Å²) in [5.74, 6) is 1.15. The summed E-state index contributed by atoms with van der Waals surface area (Å²) in [6.07, 6.45) is 3.42. The van der Waals surface area contributed by atoms with Crippen molar-refractivity contribution in [3.63, 3.8) is 0 Å². The lowest BCUT2D eigenvalue weighted by molar-refractivity contribution is 0.185. The summed E-state index contributed by atoms with van der Waals surface area (Å²) in [7, 11) is 3.57. The second kappa shape index (κ2) is 8.44. The monoisotopic (exact) mass is 322 g/mol. The van der Waals surface area contributed by atoms with E-state index >= 15 is 0 Å². The first-order valence-corrected chi connectivity index (χ1v) is 8.92. The Bertz CT molecular complexity index is 495. The molecule has 1 N–H and O–H groups in total. The average Bonchev–Trinajstić information content (AvgIpc) is 2.96. The molecule has 1 saturated carbocycles. The predicted octanol–water partition coefficient (Wildman–Crippen LogP) is 3.97. The highest BCUT2D eigenvalue weighted by Gasteiger charge is 2.29. The van der Waals surface area contributed by atoms with E-state index in [1.165, 1.54) is 6.42 Å². The van der Waals surface area contributed by atoms with E-state index in [4.69, 9.17) is 4.74 Å². The van der Waals surface area contributed by atoms with Crippen molar-refractivity contribution in [3.8, 4) is 0 Å². The number of methoxy groups -OCH3 is 1. The molecule has 0 bridgehead atoms. The van der Waals surface area contributed by atoms with Gasteiger partial charge < -0.3 is 15.0 Å². The van der Waals surface area contributed by atoms with Crippen LogP contribution in [0.1, 0.15) is 31.7 Å². The Morgan fingerprint density at radius 2 is 2.27 bits per heavy atom. The molecular formula is C17H26N2O2S. The molecule has 0 unspecified atom stereocenters. The third kappa shape index (κ3) is 4.65. The number of urea groups is 1. The van der Waals surface area contributed by atoms with E-state index in [2.05, 4.69) is 12.2 Å². The Morgan fingerprint density at radius 1 is 1.45 bits per heavy atom. The van der Waals surface area contributed by atoms with Crippen LogP contribution in [0.3, 0.4) is 0 Å². The van der Waals surface area contributed by atoms with Crippen LogP contribution in [0.4, 0.5) is 10.5 Å². The van der Waals surface area contributed by atoms with Gasteiger partial charge in [0.2, 0.25) is 0 Å². The Labute approximate surface area is 137 Å². The molecule has 0 saturated heterocycles. The lowest BCUT2D eigenvalue weighted by atomic mass is 10.2. The Hall–Kier alpha value is -1.20. The molecule has 1 aliphatic carbocycles. The summed E-state index contributed by atoms with van der Waals surface area (Å²) in [6, 6.07) is 8.13. The zero-order chi connectivity index (χ0) is 15.9. The number of benzene rings is 1. The lowest BCUT2D eigenvalue weighted by Gasteiger charge is -2.25. The minimum atomic E-state index is -0.0262. The second-order valence-electron chi connectivity index (χ2n) is 5.72. The molecule has 0 spiro atoms. The van der Waals surface area contributed by atoms with Crippen LogP contribution in [0.5, 0.6) is 0 Å². The molecule has 0 aromatic heterocycles. The first kappa shape index (κ1) is 17.2. The highest BCUT2D eigenvalue weighted by molar-refractivity contribution is 7.99. The van der Waals surface area contributed by atoms with Crippen molar-refractivity contribution < 1.29 is 9.53 Å². The third-order valence-electron chi connectivity index (χ3n) is 4.12. The highest BCUT2D eigenvalue weighted by Crippen LogP contribution is 2.32. The largest absolute Gasteiger partial charge is 0.380 e. The van der Waals surface area contributed by atoms with Gasteiger partial charge in [-0.3, -0.25) is 0 Å². The number of carbonyl (C=O) groups is 1. The van der Waals surface area contributed by atoms with Crippen LogP contribution in [0, 0.1) is 0 Å². The maximum absolute atomic E-state index is 12.4. The Morgan fingerprint density at radius 3 is 3.00 bits per heavy atom. The molecule has 2 atom stereocenters. The summed E-state index contributed by atoms with van der Waals surface area (Å²) in [4.78, 5) is 14.3. The van der Waals surface area contributed by atoms with Gasteiger partial charge in [0.1, 0.15) is 0 Å². The maximum Gasteiger partial charge on any atom is 0.321 e. The van der Waals surface area contributed by atoms with Crippen LogP contribution in [0.2, 0.25) is 0 Å². The fourth-order valence-corrected chi connectivity index (χ4v) is 4.07. The zero-order valence-corrected chi connectivity index (χ0v) is 14.5. The van der Waals surface area contributed by atoms with Crippen LogP contribution >= 0.6 is 11.8 Å². The number of anilines is 1. The van der Waals surface area contributed by atoms with E-state index in [9.17, 15) is 4.79 Å². The molecule has 1 fully saturated rings. The molecule has 4 nitrogen and oxygen atoms in total. The van der Waals surface area contributed by atoms with Gasteiger partial charge in [0.15, 0.2) is 0 Å². The number of rotatable bonds is 6. The zero-order valence-electron chi connectivity index (χ0n) is 13.7. The summed E-state index contributed by atoms with van der Waals surface area (Å²) < 4.78 is 5.13. The van der Waals surface area contributed by atoms with Crippen molar-refractivity contribution in [1.82, 2.24) is 4.90 Å². The average molecular weight is 322 g/mol. The van der Waals surface area contributed by atoms with Crippen LogP contribution in [-0.4, -0.2) is 42.1 Å². The Kier molecular flexibility index (Phi) is 6.58. The highest BCUT2D eigenvalue weighted by atomic mass is 32.2. The molecule has 122 valence electrons. The van der Waals surface area contributed by atoms with Gasteiger partial charge in [-0.15, -0.1) is 0 Å². The van der Waals surface area contributed by atoms with Gasteiger partial charge in [-0.05, 0) is 42.7 Å². The van der Waals surface area contributed by atoms with E-state index in [-0.39, 0.29) is 6.03 Å². The van der Waals surface area contributed by atoms with E-state index in [1.807, 2.05) is 48.0 Å². The predicted molar refractivity (Wildman–Crippen MR) is 93.5 cm³/mol. The molecule has 0 radical (unpaired) electrons. The van der Waals surface area contributed by atoms with Crippen LogP contribution in [0.15, 0.2) is 24.3 Å². The molecule has 1 aromatic carbocycles. The van der Waals surface area contributed by atoms with Crippen molar-refractivity contribution >= 4 is 23.5 Å². The maximum atomic E-state index is 12.4. The number of hydrogen-bond donors (Lipinski definition) is 1.